The maximum Gasteiger partial charge on any atom is 0 e. The van der Waals surface area contributed by atoms with E-state index in [0.29, 0.717) is 0 Å². The molecule has 0 aliphatic carbocycles. The molecule has 0 nitrogen and oxygen atoms in total. The van der Waals surface area contributed by atoms with E-state index in [-0.39, 0.29) is 17.1 Å². The van der Waals surface area contributed by atoms with Crippen molar-refractivity contribution in [1.29, 1.82) is 0 Å². The molecule has 0 heterocycles. The molecule has 0 saturated carbocycles. The van der Waals surface area contributed by atoms with E-state index < -0.39 is 0 Å². The van der Waals surface area contributed by atoms with Crippen LogP contribution in [0.4, 0.5) is 0 Å². The predicted octanol–water partition coefficient (Wildman–Crippen LogP) is 2.75. The van der Waals surface area contributed by atoms with E-state index in [4.69, 9.17) is 0 Å². The van der Waals surface area contributed by atoms with Gasteiger partial charge >= 0.3 is 83.7 Å². The first-order valence-electron chi connectivity index (χ1n) is 0.456. The normalized spacial score (nSPS) is 4.50. The van der Waals surface area contributed by atoms with Crippen LogP contribution >= 0.6 is 40.4 Å². The van der Waals surface area contributed by atoms with Crippen LogP contribution in [0.15, 0.2) is 0 Å². The number of hydrogen-bond acceptors (Lipinski definition) is 0. The molecule has 8 heavy (non-hydrogen) atoms. The molecular weight excluding hydrogens is 396 g/mol. The van der Waals surface area contributed by atoms with Crippen molar-refractivity contribution in [1.82, 2.24) is 0 Å². The van der Waals surface area contributed by atoms with Gasteiger partial charge in [-0.15, -0.1) is 0 Å². The predicted molar refractivity (Wildman–Crippen MR) is 23.4 cm³/mol. The van der Waals surface area contributed by atoms with Gasteiger partial charge in [0.1, 0.15) is 0 Å². The van der Waals surface area contributed by atoms with E-state index in [2.05, 4.69) is 70.6 Å². The van der Waals surface area contributed by atoms with Crippen LogP contribution in [0.5, 0.6) is 0 Å². The van der Waals surface area contributed by atoms with Crippen molar-refractivity contribution in [2.24, 2.45) is 0 Å². The Balaban J connectivity index is -0.0000000147. The van der Waals surface area contributed by atoms with E-state index in [0.717, 1.165) is 13.1 Å². The van der Waals surface area contributed by atoms with Crippen LogP contribution in [0.2, 0.25) is 0 Å². The van der Waals surface area contributed by atoms with Crippen molar-refractivity contribution in [2.75, 3.05) is 0 Å². The zero-order valence-corrected chi connectivity index (χ0v) is 9.51. The first kappa shape index (κ1) is 22.5. The van der Waals surface area contributed by atoms with Gasteiger partial charge in [-0.25, -0.2) is 0 Å². The number of hydrogen-bond donors (Lipinski definition) is 0. The van der Waals surface area contributed by atoms with Crippen molar-refractivity contribution >= 4 is 40.4 Å². The summed E-state index contributed by atoms with van der Waals surface area (Å²) in [7, 11) is 17.7. The topological polar surface area (TPSA) is 0 Å². The number of halogens is 4. The van der Waals surface area contributed by atoms with Gasteiger partial charge in [-0.2, -0.15) is 0 Å². The van der Waals surface area contributed by atoms with Crippen LogP contribution in [0.1, 0.15) is 0 Å². The third kappa shape index (κ3) is 59.8. The van der Waals surface area contributed by atoms with Crippen molar-refractivity contribution < 1.29 is 60.4 Å². The van der Waals surface area contributed by atoms with Crippen molar-refractivity contribution in [2.45, 2.75) is 0 Å². The summed E-state index contributed by atoms with van der Waals surface area (Å²) in [5.41, 5.74) is 0. The zero-order chi connectivity index (χ0) is 6.71. The summed E-state index contributed by atoms with van der Waals surface area (Å²) in [6.45, 7) is 0. The Labute approximate surface area is 99.3 Å². The molecule has 0 rings (SSSR count). The molecule has 72 valence electrons. The maximum atomic E-state index is 4.67. The van der Waals surface area contributed by atoms with Gasteiger partial charge in [-0.3, -0.25) is 0 Å². The van der Waals surface area contributed by atoms with E-state index >= 15 is 0 Å². The molecule has 0 N–H and O–H groups in total. The molecule has 1 radical (unpaired) electrons. The molecule has 0 unspecified atom stereocenters. The van der Waals surface area contributed by atoms with Gasteiger partial charge in [0.25, 0.3) is 0 Å². The quantitative estimate of drug-likeness (QED) is 0.553. The molecule has 0 aliphatic rings. The fourth-order valence-corrected chi connectivity index (χ4v) is 0. The molecular formula is Cl4Cu4. The first-order valence-corrected chi connectivity index (χ1v) is 5.64. The average molecular weight is 396 g/mol. The second-order valence-electron chi connectivity index (χ2n) is 0.0431. The fraction of sp³-hybridized carbons (Fsp3) is 0. The van der Waals surface area contributed by atoms with E-state index in [1.807, 2.05) is 0 Å². The van der Waals surface area contributed by atoms with Crippen LogP contribution in [-0.2, 0) is 60.4 Å². The molecule has 0 aliphatic heterocycles. The van der Waals surface area contributed by atoms with E-state index in [9.17, 15) is 0 Å². The zero-order valence-electron chi connectivity index (χ0n) is 2.72. The second kappa shape index (κ2) is 48.6. The largest absolute Gasteiger partial charge is 0 e. The van der Waals surface area contributed by atoms with Gasteiger partial charge < -0.3 is 0 Å². The summed E-state index contributed by atoms with van der Waals surface area (Å²) in [6.07, 6.45) is 0. The van der Waals surface area contributed by atoms with Gasteiger partial charge in [0.15, 0.2) is 0 Å². The van der Waals surface area contributed by atoms with E-state index in [1.54, 1.807) is 0 Å². The molecule has 0 bridgehead atoms. The molecule has 0 aromatic carbocycles. The van der Waals surface area contributed by atoms with Crippen LogP contribution in [0.3, 0.4) is 0 Å². The Bertz CT molecular complexity index is 8.00. The third-order valence-corrected chi connectivity index (χ3v) is 0. The minimum absolute atomic E-state index is 0. The Kier molecular flexibility index (Phi) is 137. The molecule has 0 fully saturated rings. The van der Waals surface area contributed by atoms with Gasteiger partial charge in [0.05, 0.1) is 0 Å². The molecule has 0 saturated heterocycles. The van der Waals surface area contributed by atoms with Crippen LogP contribution in [-0.4, -0.2) is 0 Å². The van der Waals surface area contributed by atoms with Gasteiger partial charge in [0, 0.05) is 17.1 Å². The SMILES string of the molecule is [Cl][Cu].[Cl][Cu].[Cl][Cu][Cl].[Cu]. The van der Waals surface area contributed by atoms with Gasteiger partial charge in [-0.1, -0.05) is 0 Å². The average Bonchev–Trinajstić information content (AvgIpc) is 1.78. The summed E-state index contributed by atoms with van der Waals surface area (Å²) in [4.78, 5) is 0. The summed E-state index contributed by atoms with van der Waals surface area (Å²) in [5, 5.41) is 0. The van der Waals surface area contributed by atoms with Crippen LogP contribution in [0.25, 0.3) is 0 Å². The molecule has 0 spiro atoms. The third-order valence-electron chi connectivity index (χ3n) is 0. The maximum absolute atomic E-state index is 4.67. The molecule has 0 amide bonds. The molecule has 0 atom stereocenters. The van der Waals surface area contributed by atoms with Gasteiger partial charge in [0.2, 0.25) is 0 Å². The van der Waals surface area contributed by atoms with Crippen molar-refractivity contribution in [3.05, 3.63) is 0 Å². The standard InChI is InChI=1S/4ClH.4Cu/h4*1H;;;;/q;;;;;2*+1;+2/p-4. The second-order valence-corrected chi connectivity index (χ2v) is 1.60. The Morgan fingerprint density at radius 2 is 0.875 bits per heavy atom. The smallest absolute Gasteiger partial charge is 0 e. The van der Waals surface area contributed by atoms with Crippen molar-refractivity contribution in [3.8, 4) is 0 Å². The summed E-state index contributed by atoms with van der Waals surface area (Å²) >= 11 is 8.08. The Morgan fingerprint density at radius 3 is 0.875 bits per heavy atom. The minimum Gasteiger partial charge on any atom is 0 e. The Morgan fingerprint density at radius 1 is 0.875 bits per heavy atom. The minimum atomic E-state index is 0. The number of rotatable bonds is 0. The Hall–Kier alpha value is 3.24. The van der Waals surface area contributed by atoms with Gasteiger partial charge in [-0.05, 0) is 0 Å². The van der Waals surface area contributed by atoms with Crippen molar-refractivity contribution in [3.63, 3.8) is 0 Å². The molecule has 0 aromatic rings. The first-order chi connectivity index (χ1) is 3.41. The van der Waals surface area contributed by atoms with E-state index in [1.165, 1.54) is 0 Å². The summed E-state index contributed by atoms with van der Waals surface area (Å²) < 4.78 is 0. The molecule has 0 aromatic heterocycles. The molecule has 8 heteroatoms. The van der Waals surface area contributed by atoms with Crippen LogP contribution in [0, 0.1) is 0 Å². The summed E-state index contributed by atoms with van der Waals surface area (Å²) in [5.74, 6) is 0. The van der Waals surface area contributed by atoms with Crippen LogP contribution < -0.4 is 0 Å². The summed E-state index contributed by atoms with van der Waals surface area (Å²) in [6, 6.07) is 0. The monoisotopic (exact) mass is 392 g/mol. The fourth-order valence-electron chi connectivity index (χ4n) is 0.